The highest BCUT2D eigenvalue weighted by molar-refractivity contribution is 6.28. The fourth-order valence-corrected chi connectivity index (χ4v) is 2.89. The number of nitrogens with one attached hydrogen (secondary N) is 3. The first kappa shape index (κ1) is 22.7. The summed E-state index contributed by atoms with van der Waals surface area (Å²) in [6.07, 6.45) is 4.87. The number of benzene rings is 1. The number of aromatic amines is 1. The highest BCUT2D eigenvalue weighted by atomic mass is 35.5. The second kappa shape index (κ2) is 12.8. The van der Waals surface area contributed by atoms with Crippen molar-refractivity contribution in [3.63, 3.8) is 0 Å². The van der Waals surface area contributed by atoms with E-state index >= 15 is 0 Å². The quantitative estimate of drug-likeness (QED) is 0.331. The van der Waals surface area contributed by atoms with Crippen LogP contribution in [0.1, 0.15) is 61.5 Å². The molecule has 0 spiro atoms. The van der Waals surface area contributed by atoms with Crippen molar-refractivity contribution in [1.29, 1.82) is 0 Å². The first-order valence-electron chi connectivity index (χ1n) is 10.1. The van der Waals surface area contributed by atoms with E-state index in [0.717, 1.165) is 31.4 Å². The van der Waals surface area contributed by atoms with E-state index in [1.807, 2.05) is 30.3 Å². The van der Waals surface area contributed by atoms with Gasteiger partial charge in [-0.1, -0.05) is 50.1 Å². The molecule has 1 aromatic heterocycles. The topological polar surface area (TPSA) is 96.1 Å². The minimum atomic E-state index is -0.269. The molecule has 2 rings (SSSR count). The van der Waals surface area contributed by atoms with Gasteiger partial charge in [0.15, 0.2) is 5.82 Å². The largest absolute Gasteiger partial charge is 0.461 e. The van der Waals surface area contributed by atoms with Crippen molar-refractivity contribution in [2.75, 3.05) is 18.4 Å². The number of imidazole rings is 1. The zero-order chi connectivity index (χ0) is 20.9. The molecule has 0 aliphatic heterocycles. The number of carbonyl (C=O) groups is 2. The molecule has 0 radical (unpaired) electrons. The number of esters is 1. The Bertz CT molecular complexity index is 765. The van der Waals surface area contributed by atoms with Gasteiger partial charge in [-0.25, -0.2) is 4.98 Å². The van der Waals surface area contributed by atoms with Crippen LogP contribution in [0, 0.1) is 0 Å². The van der Waals surface area contributed by atoms with Crippen LogP contribution in [-0.4, -0.2) is 34.9 Å². The average Bonchev–Trinajstić information content (AvgIpc) is 3.10. The van der Waals surface area contributed by atoms with Crippen molar-refractivity contribution >= 4 is 29.3 Å². The Morgan fingerprint density at radius 2 is 1.86 bits per heavy atom. The lowest BCUT2D eigenvalue weighted by atomic mass is 10.2. The van der Waals surface area contributed by atoms with E-state index in [-0.39, 0.29) is 23.8 Å². The van der Waals surface area contributed by atoms with Gasteiger partial charge < -0.3 is 20.4 Å². The van der Waals surface area contributed by atoms with Crippen molar-refractivity contribution in [2.45, 2.75) is 52.1 Å². The zero-order valence-electron chi connectivity index (χ0n) is 16.8. The molecule has 0 saturated carbocycles. The van der Waals surface area contributed by atoms with Gasteiger partial charge in [0.25, 0.3) is 5.91 Å². The molecule has 29 heavy (non-hydrogen) atoms. The lowest BCUT2D eigenvalue weighted by Crippen LogP contribution is -2.26. The number of nitrogens with zero attached hydrogens (tertiary/aromatic N) is 1. The number of aromatic nitrogens is 2. The summed E-state index contributed by atoms with van der Waals surface area (Å²) in [5.41, 5.74) is 1.29. The lowest BCUT2D eigenvalue weighted by Gasteiger charge is -2.07. The Hall–Kier alpha value is -2.54. The number of ether oxygens (including phenoxy) is 1. The third-order valence-corrected chi connectivity index (χ3v) is 4.49. The number of carbonyl (C=O) groups excluding carboxylic acids is 2. The van der Waals surface area contributed by atoms with E-state index in [1.165, 1.54) is 0 Å². The maximum absolute atomic E-state index is 12.4. The molecule has 2 aromatic rings. The number of H-pyrrole nitrogens is 1. The van der Waals surface area contributed by atoms with Gasteiger partial charge in [-0.05, 0) is 36.4 Å². The van der Waals surface area contributed by atoms with Crippen LogP contribution >= 0.6 is 11.6 Å². The van der Waals surface area contributed by atoms with Gasteiger partial charge in [-0.15, -0.1) is 0 Å². The smallest absolute Gasteiger partial charge is 0.306 e. The monoisotopic (exact) mass is 420 g/mol. The molecule has 0 atom stereocenters. The Morgan fingerprint density at radius 1 is 1.10 bits per heavy atom. The van der Waals surface area contributed by atoms with Crippen LogP contribution in [0.15, 0.2) is 30.3 Å². The summed E-state index contributed by atoms with van der Waals surface area (Å²) in [5, 5.41) is 6.15. The van der Waals surface area contributed by atoms with Gasteiger partial charge in [0.2, 0.25) is 5.28 Å². The lowest BCUT2D eigenvalue weighted by molar-refractivity contribution is -0.145. The van der Waals surface area contributed by atoms with Gasteiger partial charge in [-0.3, -0.25) is 9.59 Å². The molecule has 1 heterocycles. The van der Waals surface area contributed by atoms with E-state index in [9.17, 15) is 9.59 Å². The molecular formula is C21H29ClN4O3. The van der Waals surface area contributed by atoms with E-state index in [2.05, 4.69) is 27.5 Å². The third kappa shape index (κ3) is 8.56. The number of hydrogen-bond acceptors (Lipinski definition) is 5. The standard InChI is InChI=1S/C21H29ClN4O3/c1-2-3-8-13-23-19-18(25-21(22)26-19)20(28)24-14-9-7-12-17(27)29-15-16-10-5-4-6-11-16/h4-6,10-11,23H,2-3,7-9,12-15H2,1H3,(H,24,28)(H,25,26). The van der Waals surface area contributed by atoms with Crippen molar-refractivity contribution < 1.29 is 14.3 Å². The number of amides is 1. The summed E-state index contributed by atoms with van der Waals surface area (Å²) >= 11 is 5.90. The van der Waals surface area contributed by atoms with Crippen LogP contribution in [0.25, 0.3) is 0 Å². The molecule has 0 aliphatic rings. The summed E-state index contributed by atoms with van der Waals surface area (Å²) in [6, 6.07) is 9.56. The minimum Gasteiger partial charge on any atom is -0.461 e. The van der Waals surface area contributed by atoms with Crippen LogP contribution in [0.3, 0.4) is 0 Å². The zero-order valence-corrected chi connectivity index (χ0v) is 17.6. The van der Waals surface area contributed by atoms with Crippen LogP contribution in [0.5, 0.6) is 0 Å². The number of unbranched alkanes of at least 4 members (excludes halogenated alkanes) is 3. The van der Waals surface area contributed by atoms with Crippen molar-refractivity contribution in [3.05, 3.63) is 46.9 Å². The van der Waals surface area contributed by atoms with Crippen LogP contribution in [-0.2, 0) is 16.1 Å². The molecule has 0 unspecified atom stereocenters. The summed E-state index contributed by atoms with van der Waals surface area (Å²) in [7, 11) is 0. The van der Waals surface area contributed by atoms with Crippen molar-refractivity contribution in [3.8, 4) is 0 Å². The maximum Gasteiger partial charge on any atom is 0.306 e. The Balaban J connectivity index is 1.63. The Labute approximate surface area is 176 Å². The number of hydrogen-bond donors (Lipinski definition) is 3. The Morgan fingerprint density at radius 3 is 2.62 bits per heavy atom. The van der Waals surface area contributed by atoms with E-state index in [0.29, 0.717) is 37.3 Å². The fraction of sp³-hybridized carbons (Fsp3) is 0.476. The second-order valence-corrected chi connectivity index (χ2v) is 7.10. The fourth-order valence-electron chi connectivity index (χ4n) is 2.71. The highest BCUT2D eigenvalue weighted by Crippen LogP contribution is 2.16. The maximum atomic E-state index is 12.4. The van der Waals surface area contributed by atoms with Crippen molar-refractivity contribution in [1.82, 2.24) is 15.3 Å². The first-order chi connectivity index (χ1) is 14.1. The number of anilines is 1. The summed E-state index contributed by atoms with van der Waals surface area (Å²) in [6.45, 7) is 3.61. The molecule has 0 bridgehead atoms. The molecule has 3 N–H and O–H groups in total. The molecule has 0 aliphatic carbocycles. The average molecular weight is 421 g/mol. The molecule has 158 valence electrons. The number of halogens is 1. The normalized spacial score (nSPS) is 10.6. The molecule has 0 fully saturated rings. The van der Waals surface area contributed by atoms with Crippen LogP contribution in [0.4, 0.5) is 5.82 Å². The molecule has 1 amide bonds. The molecule has 7 nitrogen and oxygen atoms in total. The summed E-state index contributed by atoms with van der Waals surface area (Å²) in [4.78, 5) is 31.0. The summed E-state index contributed by atoms with van der Waals surface area (Å²) in [5.74, 6) is -0.0405. The van der Waals surface area contributed by atoms with Crippen molar-refractivity contribution in [2.24, 2.45) is 0 Å². The van der Waals surface area contributed by atoms with Gasteiger partial charge >= 0.3 is 5.97 Å². The minimum absolute atomic E-state index is 0.175. The highest BCUT2D eigenvalue weighted by Gasteiger charge is 2.16. The molecule has 0 saturated heterocycles. The third-order valence-electron chi connectivity index (χ3n) is 4.31. The Kier molecular flexibility index (Phi) is 10.1. The number of rotatable bonds is 13. The van der Waals surface area contributed by atoms with E-state index < -0.39 is 0 Å². The van der Waals surface area contributed by atoms with Gasteiger partial charge in [0.1, 0.15) is 12.3 Å². The van der Waals surface area contributed by atoms with Gasteiger partial charge in [0.05, 0.1) is 0 Å². The van der Waals surface area contributed by atoms with Gasteiger partial charge in [-0.2, -0.15) is 0 Å². The SMILES string of the molecule is CCCCCNc1nc(Cl)[nH]c1C(=O)NCCCCC(=O)OCc1ccccc1. The molecule has 8 heteroatoms. The van der Waals surface area contributed by atoms with Crippen LogP contribution in [0.2, 0.25) is 5.28 Å². The molecule has 1 aromatic carbocycles. The summed E-state index contributed by atoms with van der Waals surface area (Å²) < 4.78 is 5.24. The van der Waals surface area contributed by atoms with Gasteiger partial charge in [0, 0.05) is 19.5 Å². The predicted molar refractivity (Wildman–Crippen MR) is 114 cm³/mol. The molecular weight excluding hydrogens is 392 g/mol. The van der Waals surface area contributed by atoms with E-state index in [4.69, 9.17) is 16.3 Å². The van der Waals surface area contributed by atoms with Crippen LogP contribution < -0.4 is 10.6 Å². The predicted octanol–water partition coefficient (Wildman–Crippen LogP) is 4.31. The first-order valence-corrected chi connectivity index (χ1v) is 10.4. The second-order valence-electron chi connectivity index (χ2n) is 6.74. The van der Waals surface area contributed by atoms with E-state index in [1.54, 1.807) is 0 Å².